The molecule has 1 aliphatic heterocycles. The molecule has 0 amide bonds. The van der Waals surface area contributed by atoms with Crippen LogP contribution in [0.15, 0.2) is 23.1 Å². The molecule has 0 radical (unpaired) electrons. The lowest BCUT2D eigenvalue weighted by atomic mass is 10.1. The topological polar surface area (TPSA) is 74.6 Å². The van der Waals surface area contributed by atoms with Crippen LogP contribution >= 0.6 is 12.4 Å². The van der Waals surface area contributed by atoms with E-state index in [1.54, 1.807) is 4.90 Å². The van der Waals surface area contributed by atoms with Crippen LogP contribution in [0.3, 0.4) is 0 Å². The molecular weight excluding hydrogens is 344 g/mol. The van der Waals surface area contributed by atoms with Crippen LogP contribution in [0.2, 0.25) is 0 Å². The summed E-state index contributed by atoms with van der Waals surface area (Å²) in [5.41, 5.74) is -1.98. The lowest BCUT2D eigenvalue weighted by Crippen LogP contribution is -2.49. The number of nitrogens with zero attached hydrogens (tertiary/aromatic N) is 2. The number of hydrogen-bond acceptors (Lipinski definition) is 4. The summed E-state index contributed by atoms with van der Waals surface area (Å²) in [6, 6.07) is 2.81. The molecule has 1 aliphatic rings. The van der Waals surface area contributed by atoms with E-state index in [9.17, 15) is 18.5 Å². The highest BCUT2D eigenvalue weighted by molar-refractivity contribution is 5.93. The molecule has 0 bridgehead atoms. The van der Waals surface area contributed by atoms with Gasteiger partial charge in [0.05, 0.1) is 17.3 Å². The highest BCUT2D eigenvalue weighted by atomic mass is 35.5. The molecule has 0 unspecified atom stereocenters. The summed E-state index contributed by atoms with van der Waals surface area (Å²) < 4.78 is 28.9. The molecule has 1 atom stereocenters. The molecule has 1 saturated heterocycles. The van der Waals surface area contributed by atoms with Gasteiger partial charge in [-0.05, 0) is 19.1 Å². The summed E-state index contributed by atoms with van der Waals surface area (Å²) >= 11 is 0. The molecule has 130 valence electrons. The Hall–Kier alpha value is -2.19. The first kappa shape index (κ1) is 18.2. The first-order valence-corrected chi connectivity index (χ1v) is 7.15. The quantitative estimate of drug-likeness (QED) is 0.855. The number of pyridine rings is 1. The summed E-state index contributed by atoms with van der Waals surface area (Å²) in [4.78, 5) is 24.7. The minimum absolute atomic E-state index is 0. The number of fused-ring (bicyclic) bond motifs is 1. The van der Waals surface area contributed by atoms with E-state index in [0.717, 1.165) is 0 Å². The van der Waals surface area contributed by atoms with E-state index in [1.807, 2.05) is 6.92 Å². The fourth-order valence-corrected chi connectivity index (χ4v) is 2.88. The number of benzene rings is 1. The second-order valence-corrected chi connectivity index (χ2v) is 5.58. The van der Waals surface area contributed by atoms with Crippen molar-refractivity contribution >= 4 is 35.0 Å². The fourth-order valence-electron chi connectivity index (χ4n) is 2.88. The van der Waals surface area contributed by atoms with Gasteiger partial charge in [-0.25, -0.2) is 9.18 Å². The Morgan fingerprint density at radius 1 is 1.42 bits per heavy atom. The lowest BCUT2D eigenvalue weighted by molar-refractivity contribution is 0.0693. The molecule has 24 heavy (non-hydrogen) atoms. The third kappa shape index (κ3) is 2.94. The minimum atomic E-state index is -1.55. The maximum Gasteiger partial charge on any atom is 0.341 e. The van der Waals surface area contributed by atoms with E-state index in [4.69, 9.17) is 5.11 Å². The summed E-state index contributed by atoms with van der Waals surface area (Å²) in [6.07, 6.45) is 0.500. The van der Waals surface area contributed by atoms with Crippen LogP contribution in [0.5, 0.6) is 0 Å². The van der Waals surface area contributed by atoms with Crippen molar-refractivity contribution in [1.82, 2.24) is 10.1 Å². The second kappa shape index (κ2) is 6.74. The Morgan fingerprint density at radius 3 is 2.75 bits per heavy atom. The number of piperazine rings is 1. The largest absolute Gasteiger partial charge is 0.477 e. The van der Waals surface area contributed by atoms with Crippen molar-refractivity contribution in [1.29, 1.82) is 0 Å². The fraction of sp³-hybridized carbons (Fsp3) is 0.333. The van der Waals surface area contributed by atoms with E-state index in [0.29, 0.717) is 25.8 Å². The van der Waals surface area contributed by atoms with Gasteiger partial charge in [-0.2, -0.15) is 4.79 Å². The van der Waals surface area contributed by atoms with Gasteiger partial charge in [0.15, 0.2) is 5.82 Å². The van der Waals surface area contributed by atoms with Crippen LogP contribution in [0.1, 0.15) is 17.3 Å². The van der Waals surface area contributed by atoms with Gasteiger partial charge in [-0.15, -0.1) is 12.4 Å². The molecule has 0 saturated carbocycles. The Bertz CT molecular complexity index is 856. The van der Waals surface area contributed by atoms with Crippen LogP contribution in [0, 0.1) is 5.82 Å². The van der Waals surface area contributed by atoms with Crippen LogP contribution in [-0.2, 0) is 0 Å². The van der Waals surface area contributed by atoms with Crippen LogP contribution in [0.25, 0.3) is 10.9 Å². The van der Waals surface area contributed by atoms with Crippen LogP contribution in [-0.4, -0.2) is 41.5 Å². The first-order chi connectivity index (χ1) is 10.9. The van der Waals surface area contributed by atoms with Gasteiger partial charge in [0, 0.05) is 25.7 Å². The second-order valence-electron chi connectivity index (χ2n) is 5.58. The zero-order chi connectivity index (χ0) is 16.7. The molecule has 1 fully saturated rings. The van der Waals surface area contributed by atoms with Crippen molar-refractivity contribution in [2.24, 2.45) is 0 Å². The molecule has 0 spiro atoms. The number of rotatable bonds is 2. The average Bonchev–Trinajstić information content (AvgIpc) is 2.50. The van der Waals surface area contributed by atoms with Gasteiger partial charge < -0.3 is 15.3 Å². The summed E-state index contributed by atoms with van der Waals surface area (Å²) in [5, 5.41) is 11.8. The standard InChI is InChI=1S/C15H15F2N3O3.ClH/c1-8-6-19(5-4-18-8)11-3-2-9-13(12(11)16)20(17)7-10(14(9)21)15(22)23;/h2-3,7-8,18H,4-6H2,1H3,(H,22,23);1H/t8-;/m0./s1. The number of anilines is 1. The highest BCUT2D eigenvalue weighted by Gasteiger charge is 2.23. The number of hydrogen-bond donors (Lipinski definition) is 2. The van der Waals surface area contributed by atoms with Gasteiger partial charge in [-0.3, -0.25) is 4.79 Å². The molecule has 0 aliphatic carbocycles. The maximum absolute atomic E-state index is 14.7. The number of aromatic nitrogens is 1. The van der Waals surface area contributed by atoms with Crippen molar-refractivity contribution < 1.29 is 18.8 Å². The average molecular weight is 360 g/mol. The van der Waals surface area contributed by atoms with Gasteiger partial charge >= 0.3 is 5.97 Å². The number of carbonyl (C=O) groups is 1. The molecule has 9 heteroatoms. The summed E-state index contributed by atoms with van der Waals surface area (Å²) in [5.74, 6) is -2.42. The third-order valence-electron chi connectivity index (χ3n) is 3.98. The van der Waals surface area contributed by atoms with E-state index in [2.05, 4.69) is 5.32 Å². The number of halogens is 3. The minimum Gasteiger partial charge on any atom is -0.477 e. The normalized spacial score (nSPS) is 17.6. The van der Waals surface area contributed by atoms with E-state index >= 15 is 0 Å². The lowest BCUT2D eigenvalue weighted by Gasteiger charge is -2.34. The maximum atomic E-state index is 14.7. The SMILES string of the molecule is C[C@H]1CN(c2ccc3c(=O)c(C(=O)O)cn(F)c3c2F)CCN1.Cl. The molecule has 2 aromatic rings. The number of carboxylic acid groups (broad SMARTS) is 1. The summed E-state index contributed by atoms with van der Waals surface area (Å²) in [6.45, 7) is 3.72. The first-order valence-electron chi connectivity index (χ1n) is 7.15. The van der Waals surface area contributed by atoms with Gasteiger partial charge in [0.25, 0.3) is 0 Å². The van der Waals surface area contributed by atoms with E-state index in [1.165, 1.54) is 12.1 Å². The van der Waals surface area contributed by atoms with Crippen LogP contribution < -0.4 is 15.6 Å². The molecule has 1 aromatic carbocycles. The van der Waals surface area contributed by atoms with Crippen molar-refractivity contribution in [2.45, 2.75) is 13.0 Å². The molecule has 1 aromatic heterocycles. The van der Waals surface area contributed by atoms with Crippen molar-refractivity contribution in [2.75, 3.05) is 24.5 Å². The number of aromatic carboxylic acids is 1. The molecule has 2 N–H and O–H groups in total. The Balaban J connectivity index is 0.00000208. The zero-order valence-corrected chi connectivity index (χ0v) is 13.6. The molecular formula is C15H16ClF2N3O3. The molecule has 3 rings (SSSR count). The number of carboxylic acids is 1. The summed E-state index contributed by atoms with van der Waals surface area (Å²) in [7, 11) is 0. The monoisotopic (exact) mass is 359 g/mol. The third-order valence-corrected chi connectivity index (χ3v) is 3.98. The number of nitrogens with one attached hydrogen (secondary N) is 1. The Kier molecular flexibility index (Phi) is 5.10. The predicted octanol–water partition coefficient (Wildman–Crippen LogP) is 1.79. The van der Waals surface area contributed by atoms with E-state index in [-0.39, 0.29) is 34.3 Å². The zero-order valence-electron chi connectivity index (χ0n) is 12.8. The van der Waals surface area contributed by atoms with Crippen molar-refractivity contribution in [3.63, 3.8) is 0 Å². The Labute approximate surface area is 142 Å². The van der Waals surface area contributed by atoms with E-state index < -0.39 is 28.3 Å². The smallest absolute Gasteiger partial charge is 0.341 e. The van der Waals surface area contributed by atoms with Gasteiger partial charge in [-0.1, -0.05) is 4.48 Å². The molecule has 6 nitrogen and oxygen atoms in total. The van der Waals surface area contributed by atoms with Crippen molar-refractivity contribution in [3.05, 3.63) is 39.9 Å². The van der Waals surface area contributed by atoms with Gasteiger partial charge in [0.2, 0.25) is 5.43 Å². The molecule has 2 heterocycles. The van der Waals surface area contributed by atoms with Crippen LogP contribution in [0.4, 0.5) is 14.6 Å². The van der Waals surface area contributed by atoms with Gasteiger partial charge in [0.1, 0.15) is 11.1 Å². The highest BCUT2D eigenvalue weighted by Crippen LogP contribution is 2.27. The van der Waals surface area contributed by atoms with Crippen molar-refractivity contribution in [3.8, 4) is 0 Å². The predicted molar refractivity (Wildman–Crippen MR) is 88.6 cm³/mol. The Morgan fingerprint density at radius 2 is 2.12 bits per heavy atom.